The van der Waals surface area contributed by atoms with Gasteiger partial charge in [0.2, 0.25) is 0 Å². The highest BCUT2D eigenvalue weighted by molar-refractivity contribution is 7.91. The highest BCUT2D eigenvalue weighted by Gasteiger charge is 2.17. The summed E-state index contributed by atoms with van der Waals surface area (Å²) >= 11 is 6.03. The van der Waals surface area contributed by atoms with E-state index in [9.17, 15) is 12.8 Å². The predicted octanol–water partition coefficient (Wildman–Crippen LogP) is 3.73. The van der Waals surface area contributed by atoms with E-state index in [1.54, 1.807) is 19.1 Å². The van der Waals surface area contributed by atoms with Crippen molar-refractivity contribution in [3.63, 3.8) is 0 Å². The largest absolute Gasteiger partial charge is 0.310 e. The topological polar surface area (TPSA) is 46.2 Å². The second-order valence-electron chi connectivity index (χ2n) is 5.03. The minimum absolute atomic E-state index is 0.115. The van der Waals surface area contributed by atoms with Crippen LogP contribution >= 0.6 is 11.6 Å². The number of sulfone groups is 1. The third-order valence-corrected chi connectivity index (χ3v) is 5.57. The van der Waals surface area contributed by atoms with Gasteiger partial charge in [0, 0.05) is 11.8 Å². The van der Waals surface area contributed by atoms with E-state index in [4.69, 9.17) is 11.6 Å². The zero-order valence-electron chi connectivity index (χ0n) is 12.5. The molecule has 0 radical (unpaired) electrons. The van der Waals surface area contributed by atoms with Crippen LogP contribution in [-0.2, 0) is 9.84 Å². The first-order valence-corrected chi connectivity index (χ1v) is 9.49. The van der Waals surface area contributed by atoms with E-state index in [-0.39, 0.29) is 22.6 Å². The van der Waals surface area contributed by atoms with Crippen molar-refractivity contribution in [2.24, 2.45) is 0 Å². The Morgan fingerprint density at radius 2 is 2.05 bits per heavy atom. The van der Waals surface area contributed by atoms with E-state index >= 15 is 0 Å². The van der Waals surface area contributed by atoms with Gasteiger partial charge in [-0.05, 0) is 37.4 Å². The quantitative estimate of drug-likeness (QED) is 0.747. The molecule has 0 aromatic heterocycles. The highest BCUT2D eigenvalue weighted by atomic mass is 35.5. The third kappa shape index (κ3) is 5.93. The van der Waals surface area contributed by atoms with Crippen molar-refractivity contribution in [3.05, 3.63) is 34.6 Å². The Morgan fingerprint density at radius 1 is 1.33 bits per heavy atom. The minimum atomic E-state index is -2.97. The van der Waals surface area contributed by atoms with Gasteiger partial charge in [0.25, 0.3) is 0 Å². The smallest absolute Gasteiger partial charge is 0.150 e. The molecular weight excluding hydrogens is 313 g/mol. The fourth-order valence-corrected chi connectivity index (χ4v) is 3.28. The normalized spacial score (nSPS) is 13.3. The summed E-state index contributed by atoms with van der Waals surface area (Å²) in [4.78, 5) is 0. The molecule has 21 heavy (non-hydrogen) atoms. The SMILES string of the molecule is CCCNC(CCCS(=O)(=O)CC)c1cccc(F)c1Cl. The van der Waals surface area contributed by atoms with E-state index in [1.165, 1.54) is 6.07 Å². The molecule has 1 atom stereocenters. The Morgan fingerprint density at radius 3 is 2.67 bits per heavy atom. The van der Waals surface area contributed by atoms with Gasteiger partial charge in [-0.1, -0.05) is 37.6 Å². The van der Waals surface area contributed by atoms with Gasteiger partial charge in [-0.2, -0.15) is 0 Å². The summed E-state index contributed by atoms with van der Waals surface area (Å²) in [6.45, 7) is 4.46. The monoisotopic (exact) mass is 335 g/mol. The van der Waals surface area contributed by atoms with Crippen LogP contribution in [0.15, 0.2) is 18.2 Å². The number of nitrogens with one attached hydrogen (secondary N) is 1. The van der Waals surface area contributed by atoms with Crippen LogP contribution in [0, 0.1) is 5.82 Å². The lowest BCUT2D eigenvalue weighted by Crippen LogP contribution is -2.23. The molecule has 1 N–H and O–H groups in total. The maximum Gasteiger partial charge on any atom is 0.150 e. The van der Waals surface area contributed by atoms with Gasteiger partial charge in [-0.15, -0.1) is 0 Å². The van der Waals surface area contributed by atoms with Crippen LogP contribution < -0.4 is 5.32 Å². The molecule has 0 saturated carbocycles. The molecule has 0 aliphatic rings. The van der Waals surface area contributed by atoms with Crippen molar-refractivity contribution in [2.45, 2.75) is 39.2 Å². The fourth-order valence-electron chi connectivity index (χ4n) is 2.13. The lowest BCUT2D eigenvalue weighted by molar-refractivity contribution is 0.489. The van der Waals surface area contributed by atoms with E-state index in [1.807, 2.05) is 6.92 Å². The molecule has 0 saturated heterocycles. The van der Waals surface area contributed by atoms with Crippen molar-refractivity contribution in [2.75, 3.05) is 18.1 Å². The van der Waals surface area contributed by atoms with Gasteiger partial charge >= 0.3 is 0 Å². The van der Waals surface area contributed by atoms with Crippen molar-refractivity contribution >= 4 is 21.4 Å². The van der Waals surface area contributed by atoms with Crippen molar-refractivity contribution in [3.8, 4) is 0 Å². The summed E-state index contributed by atoms with van der Waals surface area (Å²) in [6, 6.07) is 4.61. The zero-order valence-corrected chi connectivity index (χ0v) is 14.1. The van der Waals surface area contributed by atoms with Crippen molar-refractivity contribution in [1.82, 2.24) is 5.32 Å². The maximum absolute atomic E-state index is 13.6. The lowest BCUT2D eigenvalue weighted by atomic mass is 10.0. The molecule has 1 aromatic rings. The predicted molar refractivity (Wildman–Crippen MR) is 86.0 cm³/mol. The van der Waals surface area contributed by atoms with Crippen molar-refractivity contribution in [1.29, 1.82) is 0 Å². The molecular formula is C15H23ClFNO2S. The molecule has 0 aliphatic carbocycles. The van der Waals surface area contributed by atoms with Gasteiger partial charge in [-0.25, -0.2) is 12.8 Å². The van der Waals surface area contributed by atoms with Crippen LogP contribution in [0.5, 0.6) is 0 Å². The van der Waals surface area contributed by atoms with Gasteiger partial charge in [0.1, 0.15) is 15.7 Å². The number of hydrogen-bond donors (Lipinski definition) is 1. The summed E-state index contributed by atoms with van der Waals surface area (Å²) < 4.78 is 36.7. The first-order valence-electron chi connectivity index (χ1n) is 7.29. The standard InChI is InChI=1S/C15H23ClFNO2S/c1-3-10-18-14(9-6-11-21(19,20)4-2)12-7-5-8-13(17)15(12)16/h5,7-8,14,18H,3-4,6,9-11H2,1-2H3. The molecule has 0 amide bonds. The average molecular weight is 336 g/mol. The molecule has 120 valence electrons. The molecule has 6 heteroatoms. The van der Waals surface area contributed by atoms with Crippen LogP contribution in [0.1, 0.15) is 44.7 Å². The average Bonchev–Trinajstić information content (AvgIpc) is 2.46. The third-order valence-electron chi connectivity index (χ3n) is 3.39. The first kappa shape index (κ1) is 18.4. The molecule has 0 spiro atoms. The number of halogens is 2. The fraction of sp³-hybridized carbons (Fsp3) is 0.600. The molecule has 0 aliphatic heterocycles. The van der Waals surface area contributed by atoms with Gasteiger partial charge in [-0.3, -0.25) is 0 Å². The minimum Gasteiger partial charge on any atom is -0.310 e. The Balaban J connectivity index is 2.78. The second kappa shape index (κ2) is 8.71. The molecule has 1 aromatic carbocycles. The van der Waals surface area contributed by atoms with Gasteiger partial charge in [0.05, 0.1) is 10.8 Å². The van der Waals surface area contributed by atoms with Gasteiger partial charge in [0.15, 0.2) is 0 Å². The summed E-state index contributed by atoms with van der Waals surface area (Å²) in [7, 11) is -2.97. The molecule has 3 nitrogen and oxygen atoms in total. The van der Waals surface area contributed by atoms with E-state index in [2.05, 4.69) is 5.32 Å². The summed E-state index contributed by atoms with van der Waals surface area (Å²) in [5, 5.41) is 3.43. The number of hydrogen-bond acceptors (Lipinski definition) is 3. The summed E-state index contributed by atoms with van der Waals surface area (Å²) in [5.41, 5.74) is 0.694. The van der Waals surface area contributed by atoms with E-state index < -0.39 is 15.7 Å². The van der Waals surface area contributed by atoms with Crippen LogP contribution in [-0.4, -0.2) is 26.5 Å². The molecule has 1 unspecified atom stereocenters. The molecule has 1 rings (SSSR count). The summed E-state index contributed by atoms with van der Waals surface area (Å²) in [5.74, 6) is -0.139. The Kier molecular flexibility index (Phi) is 7.63. The zero-order chi connectivity index (χ0) is 15.9. The molecule has 0 bridgehead atoms. The van der Waals surface area contributed by atoms with Crippen molar-refractivity contribution < 1.29 is 12.8 Å². The van der Waals surface area contributed by atoms with Crippen LogP contribution in [0.25, 0.3) is 0 Å². The Bertz CT molecular complexity index is 549. The number of benzene rings is 1. The highest BCUT2D eigenvalue weighted by Crippen LogP contribution is 2.28. The van der Waals surface area contributed by atoms with E-state index in [0.29, 0.717) is 18.4 Å². The first-order chi connectivity index (χ1) is 9.91. The number of rotatable bonds is 9. The lowest BCUT2D eigenvalue weighted by Gasteiger charge is -2.20. The second-order valence-corrected chi connectivity index (χ2v) is 7.88. The van der Waals surface area contributed by atoms with Gasteiger partial charge < -0.3 is 5.32 Å². The van der Waals surface area contributed by atoms with Crippen LogP contribution in [0.4, 0.5) is 4.39 Å². The molecule has 0 fully saturated rings. The van der Waals surface area contributed by atoms with E-state index in [0.717, 1.165) is 13.0 Å². The molecule has 0 heterocycles. The van der Waals surface area contributed by atoms with Crippen LogP contribution in [0.3, 0.4) is 0 Å². The maximum atomic E-state index is 13.6. The Hall–Kier alpha value is -0.650. The Labute approximate surface area is 131 Å². The summed E-state index contributed by atoms with van der Waals surface area (Å²) in [6.07, 6.45) is 2.09. The van der Waals surface area contributed by atoms with Crippen LogP contribution in [0.2, 0.25) is 5.02 Å².